The second-order valence-electron chi connectivity index (χ2n) is 4.55. The van der Waals surface area contributed by atoms with E-state index in [0.29, 0.717) is 23.7 Å². The molecule has 80 valence electrons. The van der Waals surface area contributed by atoms with Crippen molar-refractivity contribution in [2.45, 2.75) is 6.42 Å². The number of aliphatic carboxylic acids is 1. The summed E-state index contributed by atoms with van der Waals surface area (Å²) in [6.45, 7) is 0. The van der Waals surface area contributed by atoms with Gasteiger partial charge in [-0.05, 0) is 24.2 Å². The third kappa shape index (κ3) is 1.27. The van der Waals surface area contributed by atoms with Crippen LogP contribution in [0.3, 0.4) is 0 Å². The lowest BCUT2D eigenvalue weighted by molar-refractivity contribution is -0.130. The fraction of sp³-hybridized carbons (Fsp3) is 0.385. The number of rotatable bonds is 0. The standard InChI is InChI=1S/C13H10O2S/c14-11(15)4-3-9-6-10-7-1-2-8(5-7)12(10)13(9)16/h1-2,6-8,10,12H,5H2,(H,14,15). The molecular formula is C13H10O2S. The average molecular weight is 230 g/mol. The van der Waals surface area contributed by atoms with Crippen molar-refractivity contribution in [3.8, 4) is 11.8 Å². The van der Waals surface area contributed by atoms with Crippen molar-refractivity contribution < 1.29 is 9.90 Å². The minimum atomic E-state index is -1.10. The van der Waals surface area contributed by atoms with Crippen LogP contribution in [0.2, 0.25) is 0 Å². The van der Waals surface area contributed by atoms with Crippen molar-refractivity contribution in [3.63, 3.8) is 0 Å². The van der Waals surface area contributed by atoms with E-state index < -0.39 is 5.97 Å². The van der Waals surface area contributed by atoms with Crippen molar-refractivity contribution in [2.75, 3.05) is 0 Å². The highest BCUT2D eigenvalue weighted by Gasteiger charge is 2.48. The summed E-state index contributed by atoms with van der Waals surface area (Å²) < 4.78 is 0. The molecule has 0 aliphatic heterocycles. The van der Waals surface area contributed by atoms with Gasteiger partial charge in [-0.15, -0.1) is 0 Å². The summed E-state index contributed by atoms with van der Waals surface area (Å²) in [5, 5.41) is 8.52. The van der Waals surface area contributed by atoms with Crippen LogP contribution >= 0.6 is 12.2 Å². The highest BCUT2D eigenvalue weighted by molar-refractivity contribution is 7.81. The van der Waals surface area contributed by atoms with Crippen LogP contribution in [0, 0.1) is 35.5 Å². The Hall–Kier alpha value is -1.40. The molecule has 0 heterocycles. The van der Waals surface area contributed by atoms with Gasteiger partial charge >= 0.3 is 5.97 Å². The van der Waals surface area contributed by atoms with Crippen molar-refractivity contribution in [1.82, 2.24) is 0 Å². The second kappa shape index (κ2) is 3.29. The first-order valence-corrected chi connectivity index (χ1v) is 5.77. The molecule has 0 spiro atoms. The first-order chi connectivity index (χ1) is 7.66. The summed E-state index contributed by atoms with van der Waals surface area (Å²) in [5.41, 5.74) is 0.769. The van der Waals surface area contributed by atoms with Crippen LogP contribution < -0.4 is 0 Å². The normalized spacial score (nSPS) is 38.0. The number of fused-ring (bicyclic) bond motifs is 5. The van der Waals surface area contributed by atoms with Crippen LogP contribution in [0.5, 0.6) is 0 Å². The summed E-state index contributed by atoms with van der Waals surface area (Å²) in [5.74, 6) is 5.75. The predicted molar refractivity (Wildman–Crippen MR) is 63.8 cm³/mol. The van der Waals surface area contributed by atoms with Crippen LogP contribution in [-0.2, 0) is 4.79 Å². The molecule has 4 atom stereocenters. The zero-order valence-electron chi connectivity index (χ0n) is 8.51. The molecule has 0 radical (unpaired) electrons. The first kappa shape index (κ1) is 9.80. The van der Waals surface area contributed by atoms with E-state index in [-0.39, 0.29) is 0 Å². The number of hydrogen-bond acceptors (Lipinski definition) is 2. The van der Waals surface area contributed by atoms with Crippen LogP contribution in [0.15, 0.2) is 23.8 Å². The molecule has 0 amide bonds. The second-order valence-corrected chi connectivity index (χ2v) is 4.99. The van der Waals surface area contributed by atoms with E-state index in [0.717, 1.165) is 10.4 Å². The maximum absolute atomic E-state index is 10.4. The zero-order chi connectivity index (χ0) is 11.3. The zero-order valence-corrected chi connectivity index (χ0v) is 9.33. The summed E-state index contributed by atoms with van der Waals surface area (Å²) in [4.78, 5) is 11.3. The van der Waals surface area contributed by atoms with Crippen molar-refractivity contribution in [3.05, 3.63) is 23.8 Å². The smallest absolute Gasteiger partial charge is 0.382 e. The number of thiocarbonyl (C=S) groups is 1. The molecular weight excluding hydrogens is 220 g/mol. The number of carbonyl (C=O) groups is 1. The molecule has 2 nitrogen and oxygen atoms in total. The van der Waals surface area contributed by atoms with Crippen LogP contribution in [0.1, 0.15) is 6.42 Å². The summed E-state index contributed by atoms with van der Waals surface area (Å²) in [6.07, 6.45) is 7.79. The van der Waals surface area contributed by atoms with Gasteiger partial charge in [-0.3, -0.25) is 0 Å². The van der Waals surface area contributed by atoms with E-state index in [1.165, 1.54) is 6.42 Å². The average Bonchev–Trinajstić information content (AvgIpc) is 2.88. The highest BCUT2D eigenvalue weighted by atomic mass is 32.1. The molecule has 0 aromatic heterocycles. The Kier molecular flexibility index (Phi) is 2.02. The largest absolute Gasteiger partial charge is 0.472 e. The molecule has 3 rings (SSSR count). The van der Waals surface area contributed by atoms with Gasteiger partial charge in [-0.25, -0.2) is 4.79 Å². The minimum Gasteiger partial charge on any atom is -0.472 e. The molecule has 3 heteroatoms. The summed E-state index contributed by atoms with van der Waals surface area (Å²) >= 11 is 5.40. The summed E-state index contributed by atoms with van der Waals surface area (Å²) in [7, 11) is 0. The van der Waals surface area contributed by atoms with Gasteiger partial charge in [0.1, 0.15) is 0 Å². The lowest BCUT2D eigenvalue weighted by Crippen LogP contribution is -2.19. The van der Waals surface area contributed by atoms with Gasteiger partial charge in [-0.2, -0.15) is 0 Å². The number of carboxylic acid groups (broad SMARTS) is 1. The summed E-state index contributed by atoms with van der Waals surface area (Å²) in [6, 6.07) is 0. The topological polar surface area (TPSA) is 37.3 Å². The Morgan fingerprint density at radius 3 is 2.88 bits per heavy atom. The van der Waals surface area contributed by atoms with E-state index in [9.17, 15) is 4.79 Å². The fourth-order valence-corrected chi connectivity index (χ4v) is 3.59. The molecule has 4 unspecified atom stereocenters. The van der Waals surface area contributed by atoms with Gasteiger partial charge in [0.25, 0.3) is 0 Å². The molecule has 0 saturated heterocycles. The Bertz CT molecular complexity index is 504. The van der Waals surface area contributed by atoms with Gasteiger partial charge in [0.2, 0.25) is 0 Å². The lowest BCUT2D eigenvalue weighted by Gasteiger charge is -2.19. The molecule has 0 aromatic rings. The number of hydrogen-bond donors (Lipinski definition) is 1. The van der Waals surface area contributed by atoms with Crippen molar-refractivity contribution in [2.24, 2.45) is 23.7 Å². The molecule has 3 aliphatic rings. The monoisotopic (exact) mass is 230 g/mol. The van der Waals surface area contributed by atoms with Crippen LogP contribution in [0.25, 0.3) is 0 Å². The molecule has 1 fully saturated rings. The number of allylic oxidation sites excluding steroid dienone is 4. The fourth-order valence-electron chi connectivity index (χ4n) is 3.14. The van der Waals surface area contributed by atoms with Gasteiger partial charge < -0.3 is 5.11 Å². The minimum absolute atomic E-state index is 0.406. The molecule has 2 bridgehead atoms. The predicted octanol–water partition coefficient (Wildman–Crippen LogP) is 1.82. The molecule has 16 heavy (non-hydrogen) atoms. The van der Waals surface area contributed by atoms with Crippen LogP contribution in [0.4, 0.5) is 0 Å². The molecule has 1 N–H and O–H groups in total. The third-order valence-corrected chi connectivity index (χ3v) is 4.24. The van der Waals surface area contributed by atoms with E-state index in [1.807, 2.05) is 0 Å². The van der Waals surface area contributed by atoms with E-state index in [1.54, 1.807) is 0 Å². The van der Waals surface area contributed by atoms with E-state index in [4.69, 9.17) is 17.3 Å². The number of carboxylic acids is 1. The third-order valence-electron chi connectivity index (χ3n) is 3.75. The van der Waals surface area contributed by atoms with Gasteiger partial charge in [0.05, 0.1) is 0 Å². The Labute approximate surface area is 99.0 Å². The van der Waals surface area contributed by atoms with Gasteiger partial charge in [0, 0.05) is 22.3 Å². The highest BCUT2D eigenvalue weighted by Crippen LogP contribution is 2.53. The maximum Gasteiger partial charge on any atom is 0.382 e. The molecule has 3 aliphatic carbocycles. The Morgan fingerprint density at radius 2 is 2.19 bits per heavy atom. The van der Waals surface area contributed by atoms with E-state index in [2.05, 4.69) is 30.1 Å². The quantitative estimate of drug-likeness (QED) is 0.392. The Morgan fingerprint density at radius 1 is 1.44 bits per heavy atom. The van der Waals surface area contributed by atoms with Crippen LogP contribution in [-0.4, -0.2) is 15.9 Å². The SMILES string of the molecule is O=C(O)C#CC1=CC2C3C=CC(C3)C2C1=S. The maximum atomic E-state index is 10.4. The van der Waals surface area contributed by atoms with Crippen molar-refractivity contribution in [1.29, 1.82) is 0 Å². The first-order valence-electron chi connectivity index (χ1n) is 5.36. The lowest BCUT2D eigenvalue weighted by atomic mass is 9.85. The van der Waals surface area contributed by atoms with Gasteiger partial charge in [-0.1, -0.05) is 36.4 Å². The molecule has 1 saturated carbocycles. The van der Waals surface area contributed by atoms with E-state index >= 15 is 0 Å². The van der Waals surface area contributed by atoms with Gasteiger partial charge in [0.15, 0.2) is 0 Å². The Balaban J connectivity index is 1.91. The molecule has 0 aromatic carbocycles. The van der Waals surface area contributed by atoms with Crippen molar-refractivity contribution >= 4 is 23.1 Å².